The molecule has 0 atom stereocenters. The molecule has 0 aliphatic heterocycles. The Hall–Kier alpha value is -2.30. The van der Waals surface area contributed by atoms with Crippen LogP contribution in [0.15, 0.2) is 23.0 Å². The maximum absolute atomic E-state index is 12.0. The van der Waals surface area contributed by atoms with Crippen LogP contribution in [0.25, 0.3) is 10.9 Å². The van der Waals surface area contributed by atoms with E-state index in [9.17, 15) is 9.59 Å². The van der Waals surface area contributed by atoms with Gasteiger partial charge < -0.3 is 15.6 Å². The van der Waals surface area contributed by atoms with Crippen LogP contribution < -0.4 is 16.2 Å². The number of urea groups is 1. The molecule has 2 amide bonds. The van der Waals surface area contributed by atoms with Crippen molar-refractivity contribution in [2.45, 2.75) is 33.7 Å². The summed E-state index contributed by atoms with van der Waals surface area (Å²) in [4.78, 5) is 26.4. The third kappa shape index (κ3) is 3.62. The fraction of sp³-hybridized carbons (Fsp3) is 0.375. The lowest BCUT2D eigenvalue weighted by Crippen LogP contribution is -2.36. The SMILES string of the molecule is CCCNC(=O)NCc1cc2cc(C)c(C)cc2[nH]c1=O. The minimum atomic E-state index is -0.253. The Balaban J connectivity index is 2.20. The van der Waals surface area contributed by atoms with Gasteiger partial charge in [0, 0.05) is 24.2 Å². The molecule has 0 aliphatic carbocycles. The number of hydrogen-bond acceptors (Lipinski definition) is 2. The lowest BCUT2D eigenvalue weighted by molar-refractivity contribution is 0.240. The number of hydrogen-bond donors (Lipinski definition) is 3. The van der Waals surface area contributed by atoms with Crippen LogP contribution in [0.1, 0.15) is 30.0 Å². The average Bonchev–Trinajstić information content (AvgIpc) is 2.45. The van der Waals surface area contributed by atoms with E-state index in [4.69, 9.17) is 0 Å². The van der Waals surface area contributed by atoms with E-state index in [1.807, 2.05) is 39.0 Å². The summed E-state index contributed by atoms with van der Waals surface area (Å²) in [6.07, 6.45) is 0.878. The largest absolute Gasteiger partial charge is 0.338 e. The van der Waals surface area contributed by atoms with Crippen molar-refractivity contribution in [1.82, 2.24) is 15.6 Å². The molecule has 5 nitrogen and oxygen atoms in total. The third-order valence-corrected chi connectivity index (χ3v) is 3.51. The first-order valence-corrected chi connectivity index (χ1v) is 7.16. The third-order valence-electron chi connectivity index (χ3n) is 3.51. The summed E-state index contributed by atoms with van der Waals surface area (Å²) in [5, 5.41) is 6.38. The number of H-pyrrole nitrogens is 1. The summed E-state index contributed by atoms with van der Waals surface area (Å²) in [6, 6.07) is 5.59. The Bertz CT molecular complexity index is 719. The fourth-order valence-electron chi connectivity index (χ4n) is 2.13. The van der Waals surface area contributed by atoms with Crippen molar-refractivity contribution >= 4 is 16.9 Å². The topological polar surface area (TPSA) is 74.0 Å². The molecule has 0 unspecified atom stereocenters. The van der Waals surface area contributed by atoms with Crippen molar-refractivity contribution in [3.05, 3.63) is 45.2 Å². The summed E-state index contributed by atoms with van der Waals surface area (Å²) < 4.78 is 0. The number of fused-ring (bicyclic) bond motifs is 1. The van der Waals surface area contributed by atoms with E-state index in [0.29, 0.717) is 12.1 Å². The van der Waals surface area contributed by atoms with Crippen molar-refractivity contribution in [1.29, 1.82) is 0 Å². The van der Waals surface area contributed by atoms with Crippen molar-refractivity contribution < 1.29 is 4.79 Å². The van der Waals surface area contributed by atoms with Gasteiger partial charge in [0.05, 0.1) is 0 Å². The van der Waals surface area contributed by atoms with Crippen LogP contribution in [0.3, 0.4) is 0 Å². The van der Waals surface area contributed by atoms with Crippen LogP contribution in [-0.2, 0) is 6.54 Å². The average molecular weight is 287 g/mol. The van der Waals surface area contributed by atoms with E-state index in [1.54, 1.807) is 0 Å². The van der Waals surface area contributed by atoms with E-state index in [-0.39, 0.29) is 18.1 Å². The van der Waals surface area contributed by atoms with Crippen molar-refractivity contribution in [2.24, 2.45) is 0 Å². The van der Waals surface area contributed by atoms with E-state index < -0.39 is 0 Å². The van der Waals surface area contributed by atoms with Crippen LogP contribution in [0, 0.1) is 13.8 Å². The molecule has 3 N–H and O–H groups in total. The van der Waals surface area contributed by atoms with Gasteiger partial charge in [0.2, 0.25) is 0 Å². The number of pyridine rings is 1. The highest BCUT2D eigenvalue weighted by atomic mass is 16.2. The predicted octanol–water partition coefficient (Wildman–Crippen LogP) is 2.35. The van der Waals surface area contributed by atoms with Gasteiger partial charge in [0.15, 0.2) is 0 Å². The molecule has 1 aromatic carbocycles. The molecule has 2 aromatic rings. The molecular formula is C16H21N3O2. The van der Waals surface area contributed by atoms with Crippen LogP contribution in [0.2, 0.25) is 0 Å². The first-order valence-electron chi connectivity index (χ1n) is 7.16. The number of carbonyl (C=O) groups excluding carboxylic acids is 1. The maximum Gasteiger partial charge on any atom is 0.315 e. The summed E-state index contributed by atoms with van der Waals surface area (Å²) in [5.41, 5.74) is 3.53. The second-order valence-corrected chi connectivity index (χ2v) is 5.26. The number of carbonyl (C=O) groups is 1. The van der Waals surface area contributed by atoms with Gasteiger partial charge in [0.25, 0.3) is 5.56 Å². The van der Waals surface area contributed by atoms with Crippen molar-refractivity contribution in [2.75, 3.05) is 6.54 Å². The zero-order chi connectivity index (χ0) is 15.4. The highest BCUT2D eigenvalue weighted by molar-refractivity contribution is 5.81. The molecule has 5 heteroatoms. The molecule has 112 valence electrons. The maximum atomic E-state index is 12.0. The van der Waals surface area contributed by atoms with E-state index in [1.165, 1.54) is 5.56 Å². The Morgan fingerprint density at radius 2 is 1.86 bits per heavy atom. The van der Waals surface area contributed by atoms with E-state index >= 15 is 0 Å². The normalized spacial score (nSPS) is 10.6. The lowest BCUT2D eigenvalue weighted by atomic mass is 10.1. The molecule has 0 saturated heterocycles. The van der Waals surface area contributed by atoms with Gasteiger partial charge in [-0.05, 0) is 55.0 Å². The minimum Gasteiger partial charge on any atom is -0.338 e. The highest BCUT2D eigenvalue weighted by Gasteiger charge is 2.06. The van der Waals surface area contributed by atoms with E-state index in [0.717, 1.165) is 22.9 Å². The number of rotatable bonds is 4. The Morgan fingerprint density at radius 1 is 1.14 bits per heavy atom. The zero-order valence-electron chi connectivity index (χ0n) is 12.7. The van der Waals surface area contributed by atoms with Gasteiger partial charge in [-0.25, -0.2) is 4.79 Å². The van der Waals surface area contributed by atoms with Crippen molar-refractivity contribution in [3.63, 3.8) is 0 Å². The van der Waals surface area contributed by atoms with Gasteiger partial charge in [-0.15, -0.1) is 0 Å². The predicted molar refractivity (Wildman–Crippen MR) is 84.6 cm³/mol. The fourth-order valence-corrected chi connectivity index (χ4v) is 2.13. The number of aromatic amines is 1. The number of benzene rings is 1. The van der Waals surface area contributed by atoms with E-state index in [2.05, 4.69) is 15.6 Å². The number of nitrogens with one attached hydrogen (secondary N) is 3. The summed E-state index contributed by atoms with van der Waals surface area (Å²) in [5.74, 6) is 0. The monoisotopic (exact) mass is 287 g/mol. The molecule has 0 saturated carbocycles. The number of amides is 2. The molecule has 0 bridgehead atoms. The van der Waals surface area contributed by atoms with Crippen molar-refractivity contribution in [3.8, 4) is 0 Å². The van der Waals surface area contributed by atoms with Gasteiger partial charge in [-0.1, -0.05) is 6.92 Å². The van der Waals surface area contributed by atoms with Crippen LogP contribution in [-0.4, -0.2) is 17.6 Å². The summed E-state index contributed by atoms with van der Waals surface area (Å²) >= 11 is 0. The van der Waals surface area contributed by atoms with Crippen LogP contribution in [0.4, 0.5) is 4.79 Å². The molecule has 2 rings (SSSR count). The molecule has 0 fully saturated rings. The number of aryl methyl sites for hydroxylation is 2. The quantitative estimate of drug-likeness (QED) is 0.807. The van der Waals surface area contributed by atoms with Gasteiger partial charge in [0.1, 0.15) is 0 Å². The molecule has 1 heterocycles. The second-order valence-electron chi connectivity index (χ2n) is 5.26. The first kappa shape index (κ1) is 15.1. The van der Waals surface area contributed by atoms with Gasteiger partial charge in [-0.3, -0.25) is 4.79 Å². The molecule has 0 aliphatic rings. The van der Waals surface area contributed by atoms with Gasteiger partial charge >= 0.3 is 6.03 Å². The first-order chi connectivity index (χ1) is 10.0. The molecule has 21 heavy (non-hydrogen) atoms. The molecule has 1 aromatic heterocycles. The van der Waals surface area contributed by atoms with Crippen LogP contribution >= 0.6 is 0 Å². The molecular weight excluding hydrogens is 266 g/mol. The van der Waals surface area contributed by atoms with Crippen LogP contribution in [0.5, 0.6) is 0 Å². The Labute approximate surface area is 123 Å². The Morgan fingerprint density at radius 3 is 2.57 bits per heavy atom. The molecule has 0 radical (unpaired) electrons. The standard InChI is InChI=1S/C16H21N3O2/c1-4-5-17-16(21)18-9-13-8-12-6-10(2)11(3)7-14(12)19-15(13)20/h6-8H,4-5,9H2,1-3H3,(H,19,20)(H2,17,18,21). The van der Waals surface area contributed by atoms with Gasteiger partial charge in [-0.2, -0.15) is 0 Å². The minimum absolute atomic E-state index is 0.165. The summed E-state index contributed by atoms with van der Waals surface area (Å²) in [7, 11) is 0. The second kappa shape index (κ2) is 6.43. The smallest absolute Gasteiger partial charge is 0.315 e. The highest BCUT2D eigenvalue weighted by Crippen LogP contribution is 2.17. The molecule has 0 spiro atoms. The number of aromatic nitrogens is 1. The lowest BCUT2D eigenvalue weighted by Gasteiger charge is -2.08. The zero-order valence-corrected chi connectivity index (χ0v) is 12.7. The Kier molecular flexibility index (Phi) is 4.62. The summed E-state index contributed by atoms with van der Waals surface area (Å²) in [6.45, 7) is 6.88.